The Hall–Kier alpha value is -0.910. The lowest BCUT2D eigenvalue weighted by Crippen LogP contribution is -2.36. The summed E-state index contributed by atoms with van der Waals surface area (Å²) in [6.45, 7) is 4.01. The summed E-state index contributed by atoms with van der Waals surface area (Å²) >= 11 is 0. The van der Waals surface area contributed by atoms with Crippen LogP contribution in [0.3, 0.4) is 0 Å². The second-order valence-corrected chi connectivity index (χ2v) is 5.89. The van der Waals surface area contributed by atoms with Crippen molar-refractivity contribution in [1.82, 2.24) is 20.3 Å². The van der Waals surface area contributed by atoms with Crippen LogP contribution in [-0.4, -0.2) is 54.2 Å². The molecule has 0 amide bonds. The molecule has 1 N–H and O–H groups in total. The zero-order chi connectivity index (χ0) is 13.2. The molecule has 0 aromatic carbocycles. The van der Waals surface area contributed by atoms with Gasteiger partial charge in [0.25, 0.3) is 0 Å². The van der Waals surface area contributed by atoms with Crippen molar-refractivity contribution in [3.8, 4) is 0 Å². The van der Waals surface area contributed by atoms with Crippen molar-refractivity contribution in [3.63, 3.8) is 0 Å². The molecule has 5 nitrogen and oxygen atoms in total. The molecule has 1 aromatic rings. The summed E-state index contributed by atoms with van der Waals surface area (Å²) in [5, 5.41) is 7.18. The van der Waals surface area contributed by atoms with Gasteiger partial charge in [-0.05, 0) is 33.4 Å². The van der Waals surface area contributed by atoms with Crippen LogP contribution < -0.4 is 5.32 Å². The molecule has 2 saturated heterocycles. The summed E-state index contributed by atoms with van der Waals surface area (Å²) in [6.07, 6.45) is 4.01. The van der Waals surface area contributed by atoms with Gasteiger partial charge in [0.05, 0.1) is 12.2 Å². The van der Waals surface area contributed by atoms with E-state index in [1.807, 2.05) is 7.05 Å². The maximum absolute atomic E-state index is 5.42. The lowest BCUT2D eigenvalue weighted by Gasteiger charge is -2.24. The molecule has 1 aromatic heterocycles. The van der Waals surface area contributed by atoms with Gasteiger partial charge in [0.2, 0.25) is 0 Å². The van der Waals surface area contributed by atoms with Gasteiger partial charge in [0, 0.05) is 37.8 Å². The first-order valence-electron chi connectivity index (χ1n) is 7.29. The predicted octanol–water partition coefficient (Wildman–Crippen LogP) is 1.06. The second kappa shape index (κ2) is 5.61. The molecule has 0 radical (unpaired) electrons. The van der Waals surface area contributed by atoms with Crippen LogP contribution >= 0.6 is 0 Å². The van der Waals surface area contributed by atoms with E-state index in [2.05, 4.69) is 33.4 Å². The molecule has 3 rings (SSSR count). The first-order valence-corrected chi connectivity index (χ1v) is 7.29. The minimum absolute atomic E-state index is 0.729. The average Bonchev–Trinajstić information content (AvgIpc) is 2.90. The summed E-state index contributed by atoms with van der Waals surface area (Å²) in [6, 6.07) is 3.60. The first kappa shape index (κ1) is 13.1. The lowest BCUT2D eigenvalue weighted by molar-refractivity contribution is 0.199. The highest BCUT2D eigenvalue weighted by molar-refractivity contribution is 5.05. The van der Waals surface area contributed by atoms with Crippen molar-refractivity contribution in [2.45, 2.75) is 44.4 Å². The van der Waals surface area contributed by atoms with E-state index in [0.717, 1.165) is 43.2 Å². The molecule has 106 valence electrons. The van der Waals surface area contributed by atoms with Gasteiger partial charge in [-0.1, -0.05) is 5.16 Å². The van der Waals surface area contributed by atoms with E-state index in [4.69, 9.17) is 4.52 Å². The highest BCUT2D eigenvalue weighted by Crippen LogP contribution is 2.29. The van der Waals surface area contributed by atoms with E-state index in [1.165, 1.54) is 25.8 Å². The Balaban J connectivity index is 1.60. The Labute approximate surface area is 114 Å². The number of fused-ring (bicyclic) bond motifs is 2. The molecule has 0 saturated carbocycles. The van der Waals surface area contributed by atoms with Crippen molar-refractivity contribution in [2.24, 2.45) is 0 Å². The molecule has 0 spiro atoms. The van der Waals surface area contributed by atoms with Crippen molar-refractivity contribution in [3.05, 3.63) is 17.5 Å². The molecule has 2 atom stereocenters. The van der Waals surface area contributed by atoms with E-state index in [1.54, 1.807) is 0 Å². The number of aromatic nitrogens is 1. The van der Waals surface area contributed by atoms with Crippen LogP contribution in [0.1, 0.15) is 30.7 Å². The largest absolute Gasteiger partial charge is 0.360 e. The van der Waals surface area contributed by atoms with Crippen LogP contribution in [0.15, 0.2) is 10.6 Å². The number of nitrogens with zero attached hydrogens (tertiary/aromatic N) is 3. The van der Waals surface area contributed by atoms with Crippen LogP contribution in [0.2, 0.25) is 0 Å². The van der Waals surface area contributed by atoms with E-state index in [9.17, 15) is 0 Å². The monoisotopic (exact) mass is 264 g/mol. The molecule has 2 unspecified atom stereocenters. The third-order valence-electron chi connectivity index (χ3n) is 4.58. The number of hydrogen-bond acceptors (Lipinski definition) is 5. The predicted molar refractivity (Wildman–Crippen MR) is 73.7 cm³/mol. The molecular weight excluding hydrogens is 240 g/mol. The zero-order valence-corrected chi connectivity index (χ0v) is 11.9. The molecular formula is C14H24N4O. The second-order valence-electron chi connectivity index (χ2n) is 5.89. The lowest BCUT2D eigenvalue weighted by atomic mass is 10.1. The molecule has 0 aliphatic carbocycles. The van der Waals surface area contributed by atoms with Crippen molar-refractivity contribution >= 4 is 0 Å². The van der Waals surface area contributed by atoms with E-state index in [0.29, 0.717) is 0 Å². The van der Waals surface area contributed by atoms with Gasteiger partial charge in [0.1, 0.15) is 0 Å². The summed E-state index contributed by atoms with van der Waals surface area (Å²) < 4.78 is 5.42. The van der Waals surface area contributed by atoms with Crippen LogP contribution in [-0.2, 0) is 13.1 Å². The summed E-state index contributed by atoms with van der Waals surface area (Å²) in [5.41, 5.74) is 0.992. The van der Waals surface area contributed by atoms with Gasteiger partial charge in [-0.3, -0.25) is 9.80 Å². The van der Waals surface area contributed by atoms with Gasteiger partial charge >= 0.3 is 0 Å². The summed E-state index contributed by atoms with van der Waals surface area (Å²) in [7, 11) is 4.21. The van der Waals surface area contributed by atoms with Gasteiger partial charge in [-0.25, -0.2) is 0 Å². The number of likely N-dealkylation sites (N-methyl/N-ethyl adjacent to an activating group) is 1. The maximum atomic E-state index is 5.42. The van der Waals surface area contributed by atoms with E-state index < -0.39 is 0 Å². The Morgan fingerprint density at radius 1 is 1.37 bits per heavy atom. The minimum atomic E-state index is 0.729. The molecule has 19 heavy (non-hydrogen) atoms. The number of likely N-dealkylation sites (tertiary alicyclic amines) is 1. The van der Waals surface area contributed by atoms with E-state index >= 15 is 0 Å². The van der Waals surface area contributed by atoms with Crippen molar-refractivity contribution in [2.75, 3.05) is 27.2 Å². The number of nitrogens with one attached hydrogen (secondary N) is 1. The minimum Gasteiger partial charge on any atom is -0.360 e. The van der Waals surface area contributed by atoms with Crippen LogP contribution in [0.4, 0.5) is 0 Å². The summed E-state index contributed by atoms with van der Waals surface area (Å²) in [5.74, 6) is 0.991. The maximum Gasteiger partial charge on any atom is 0.151 e. The fourth-order valence-electron chi connectivity index (χ4n) is 3.44. The summed E-state index contributed by atoms with van der Waals surface area (Å²) in [4.78, 5) is 5.09. The third-order valence-corrected chi connectivity index (χ3v) is 4.58. The number of rotatable bonds is 4. The highest BCUT2D eigenvalue weighted by atomic mass is 16.5. The topological polar surface area (TPSA) is 44.5 Å². The molecule has 5 heteroatoms. The van der Waals surface area contributed by atoms with Gasteiger partial charge in [-0.15, -0.1) is 0 Å². The molecule has 2 aliphatic heterocycles. The first-order chi connectivity index (χ1) is 9.26. The normalized spacial score (nSPS) is 28.7. The Kier molecular flexibility index (Phi) is 3.86. The molecule has 3 heterocycles. The van der Waals surface area contributed by atoms with Gasteiger partial charge in [-0.2, -0.15) is 0 Å². The Bertz CT molecular complexity index is 419. The third kappa shape index (κ3) is 2.83. The smallest absolute Gasteiger partial charge is 0.151 e. The van der Waals surface area contributed by atoms with Crippen molar-refractivity contribution in [1.29, 1.82) is 0 Å². The molecule has 2 fully saturated rings. The fourth-order valence-corrected chi connectivity index (χ4v) is 3.44. The van der Waals surface area contributed by atoms with Gasteiger partial charge < -0.3 is 9.84 Å². The molecule has 2 bridgehead atoms. The standard InChI is InChI=1S/C14H24N4O/c1-15-8-11-7-14(19-16-11)10-18-6-5-12-3-4-13(9-18)17(12)2/h7,12-13,15H,3-6,8-10H2,1-2H3. The fraction of sp³-hybridized carbons (Fsp3) is 0.786. The van der Waals surface area contributed by atoms with Crippen LogP contribution in [0.5, 0.6) is 0 Å². The quantitative estimate of drug-likeness (QED) is 0.881. The number of hydrogen-bond donors (Lipinski definition) is 1. The van der Waals surface area contributed by atoms with Crippen molar-refractivity contribution < 1.29 is 4.52 Å². The Morgan fingerprint density at radius 2 is 2.21 bits per heavy atom. The zero-order valence-electron chi connectivity index (χ0n) is 11.9. The molecule has 2 aliphatic rings. The average molecular weight is 264 g/mol. The van der Waals surface area contributed by atoms with Crippen LogP contribution in [0.25, 0.3) is 0 Å². The Morgan fingerprint density at radius 3 is 3.05 bits per heavy atom. The van der Waals surface area contributed by atoms with Crippen LogP contribution in [0, 0.1) is 0 Å². The van der Waals surface area contributed by atoms with Gasteiger partial charge in [0.15, 0.2) is 5.76 Å². The highest BCUT2D eigenvalue weighted by Gasteiger charge is 2.34. The SMILES string of the molecule is CNCc1cc(CN2CCC3CCC(C2)N3C)on1. The van der Waals surface area contributed by atoms with E-state index in [-0.39, 0.29) is 0 Å².